The first-order chi connectivity index (χ1) is 20.7. The SMILES string of the molecule is CNC(=O)C(=N)C(=CC(N)=O)Nc1cccc2c1N(C)C(C)c1c-2cnn1C1CN(C(=O)c2cccc(SC3CC3)n2)C1. The molecule has 4 heterocycles. The smallest absolute Gasteiger partial charge is 0.272 e. The zero-order valence-electron chi connectivity index (χ0n) is 24.1. The summed E-state index contributed by atoms with van der Waals surface area (Å²) < 4.78 is 2.02. The average molecular weight is 600 g/mol. The molecule has 3 aliphatic rings. The van der Waals surface area contributed by atoms with E-state index >= 15 is 0 Å². The van der Waals surface area contributed by atoms with Gasteiger partial charge in [0.05, 0.1) is 46.1 Å². The lowest BCUT2D eigenvalue weighted by Crippen LogP contribution is -2.51. The van der Waals surface area contributed by atoms with Gasteiger partial charge in [-0.15, -0.1) is 11.8 Å². The van der Waals surface area contributed by atoms with E-state index in [1.165, 1.54) is 19.9 Å². The molecule has 1 saturated heterocycles. The monoisotopic (exact) mass is 599 g/mol. The van der Waals surface area contributed by atoms with Gasteiger partial charge in [0, 0.05) is 49.6 Å². The summed E-state index contributed by atoms with van der Waals surface area (Å²) in [5, 5.41) is 20.0. The van der Waals surface area contributed by atoms with E-state index in [1.54, 1.807) is 17.8 Å². The van der Waals surface area contributed by atoms with Crippen LogP contribution in [0.3, 0.4) is 0 Å². The molecule has 0 spiro atoms. The molecular weight excluding hydrogens is 566 g/mol. The van der Waals surface area contributed by atoms with E-state index in [4.69, 9.17) is 16.2 Å². The number of aromatic nitrogens is 3. The molecule has 43 heavy (non-hydrogen) atoms. The van der Waals surface area contributed by atoms with E-state index in [0.717, 1.165) is 33.6 Å². The summed E-state index contributed by atoms with van der Waals surface area (Å²) in [4.78, 5) is 45.6. The van der Waals surface area contributed by atoms with Crippen molar-refractivity contribution >= 4 is 46.6 Å². The Morgan fingerprint density at radius 2 is 1.86 bits per heavy atom. The fourth-order valence-electron chi connectivity index (χ4n) is 5.50. The fraction of sp³-hybridized carbons (Fsp3) is 0.333. The molecule has 1 aromatic carbocycles. The van der Waals surface area contributed by atoms with Gasteiger partial charge in [0.2, 0.25) is 5.91 Å². The van der Waals surface area contributed by atoms with Gasteiger partial charge in [-0.25, -0.2) is 4.98 Å². The van der Waals surface area contributed by atoms with Crippen LogP contribution in [0.25, 0.3) is 11.1 Å². The number of para-hydroxylation sites is 1. The number of carbonyl (C=O) groups is 3. The first-order valence-corrected chi connectivity index (χ1v) is 15.0. The predicted octanol–water partition coefficient (Wildman–Crippen LogP) is 2.95. The molecule has 2 aromatic heterocycles. The third kappa shape index (κ3) is 5.36. The summed E-state index contributed by atoms with van der Waals surface area (Å²) in [6.45, 7) is 3.17. The number of primary amides is 1. The molecule has 222 valence electrons. The van der Waals surface area contributed by atoms with Crippen LogP contribution in [0.15, 0.2) is 59.4 Å². The Hall–Kier alpha value is -4.65. The second-order valence-corrected chi connectivity index (χ2v) is 12.3. The molecule has 13 heteroatoms. The Labute approximate surface area is 253 Å². The van der Waals surface area contributed by atoms with Crippen LogP contribution in [0.1, 0.15) is 48.0 Å². The predicted molar refractivity (Wildman–Crippen MR) is 165 cm³/mol. The molecule has 1 unspecified atom stereocenters. The second kappa shape index (κ2) is 11.2. The summed E-state index contributed by atoms with van der Waals surface area (Å²) >= 11 is 1.74. The standard InChI is InChI=1S/C30H33N9O3S/c1-16-27-20(19-6-4-7-21(28(19)37(16)3)35-23(12-24(31)40)26(32)29(41)33-2)13-34-39(27)17-14-38(15-17)30(42)22-8-5-9-25(36-22)43-18-10-11-18/h4-9,12-13,16-18,32,35H,10-11,14-15H2,1-3H3,(H2,31,40)(H,33,41). The van der Waals surface area contributed by atoms with E-state index in [2.05, 4.69) is 27.4 Å². The maximum Gasteiger partial charge on any atom is 0.272 e. The molecule has 3 aromatic rings. The highest BCUT2D eigenvalue weighted by Gasteiger charge is 2.39. The Bertz CT molecular complexity index is 1670. The number of nitrogens with one attached hydrogen (secondary N) is 3. The van der Waals surface area contributed by atoms with Crippen molar-refractivity contribution < 1.29 is 14.4 Å². The van der Waals surface area contributed by atoms with E-state index in [1.807, 2.05) is 53.2 Å². The lowest BCUT2D eigenvalue weighted by Gasteiger charge is -2.42. The minimum atomic E-state index is -0.778. The van der Waals surface area contributed by atoms with Crippen LogP contribution in [0.4, 0.5) is 11.4 Å². The minimum absolute atomic E-state index is 0.00631. The fourth-order valence-corrected chi connectivity index (χ4v) is 6.53. The molecule has 0 bridgehead atoms. The molecule has 12 nitrogen and oxygen atoms in total. The van der Waals surface area contributed by atoms with E-state index in [9.17, 15) is 14.4 Å². The van der Waals surface area contributed by atoms with Gasteiger partial charge >= 0.3 is 0 Å². The van der Waals surface area contributed by atoms with Crippen LogP contribution >= 0.6 is 11.8 Å². The molecule has 1 atom stereocenters. The molecule has 1 saturated carbocycles. The number of hydrogen-bond donors (Lipinski definition) is 4. The maximum absolute atomic E-state index is 13.2. The summed E-state index contributed by atoms with van der Waals surface area (Å²) in [6.07, 6.45) is 5.29. The van der Waals surface area contributed by atoms with Gasteiger partial charge in [-0.1, -0.05) is 18.2 Å². The highest BCUT2D eigenvalue weighted by Crippen LogP contribution is 2.48. The van der Waals surface area contributed by atoms with Crippen LogP contribution in [-0.4, -0.2) is 75.5 Å². The first kappa shape index (κ1) is 28.5. The molecule has 0 radical (unpaired) electrons. The third-order valence-electron chi connectivity index (χ3n) is 8.02. The molecule has 1 aliphatic carbocycles. The number of rotatable bonds is 9. The lowest BCUT2D eigenvalue weighted by atomic mass is 9.93. The highest BCUT2D eigenvalue weighted by atomic mass is 32.2. The second-order valence-electron chi connectivity index (χ2n) is 11.0. The van der Waals surface area contributed by atoms with Crippen molar-refractivity contribution in [2.24, 2.45) is 5.73 Å². The molecule has 6 rings (SSSR count). The van der Waals surface area contributed by atoms with Gasteiger partial charge in [0.15, 0.2) is 0 Å². The van der Waals surface area contributed by atoms with Crippen LogP contribution in [0.2, 0.25) is 0 Å². The maximum atomic E-state index is 13.2. The average Bonchev–Trinajstić information content (AvgIpc) is 3.68. The van der Waals surface area contributed by atoms with Crippen LogP contribution in [0.5, 0.6) is 0 Å². The summed E-state index contributed by atoms with van der Waals surface area (Å²) in [5.41, 5.74) is 9.80. The van der Waals surface area contributed by atoms with Crippen molar-refractivity contribution in [1.82, 2.24) is 25.0 Å². The van der Waals surface area contributed by atoms with Crippen molar-refractivity contribution in [3.05, 3.63) is 65.8 Å². The number of benzene rings is 1. The van der Waals surface area contributed by atoms with Gasteiger partial charge in [0.25, 0.3) is 11.8 Å². The number of nitrogens with zero attached hydrogens (tertiary/aromatic N) is 5. The summed E-state index contributed by atoms with van der Waals surface area (Å²) in [7, 11) is 3.38. The van der Waals surface area contributed by atoms with Gasteiger partial charge in [-0.05, 0) is 38.0 Å². The number of anilines is 2. The summed E-state index contributed by atoms with van der Waals surface area (Å²) in [6, 6.07) is 11.3. The summed E-state index contributed by atoms with van der Waals surface area (Å²) in [5.74, 6) is -1.49. The number of likely N-dealkylation sites (tertiary alicyclic amines) is 1. The molecule has 2 aliphatic heterocycles. The number of hydrogen-bond acceptors (Lipinski definition) is 9. The Morgan fingerprint density at radius 3 is 2.56 bits per heavy atom. The number of thioether (sulfide) groups is 1. The Balaban J connectivity index is 1.24. The van der Waals surface area contributed by atoms with Crippen LogP contribution in [-0.2, 0) is 9.59 Å². The van der Waals surface area contributed by atoms with Crippen molar-refractivity contribution in [1.29, 1.82) is 5.41 Å². The van der Waals surface area contributed by atoms with Crippen molar-refractivity contribution in [2.75, 3.05) is 37.4 Å². The first-order valence-electron chi connectivity index (χ1n) is 14.1. The number of nitrogens with two attached hydrogens (primary N) is 1. The van der Waals surface area contributed by atoms with E-state index in [0.29, 0.717) is 29.7 Å². The van der Waals surface area contributed by atoms with Crippen molar-refractivity contribution in [3.8, 4) is 11.1 Å². The molecule has 3 amide bonds. The normalized spacial score (nSPS) is 17.9. The Morgan fingerprint density at radius 1 is 1.12 bits per heavy atom. The number of pyridine rings is 1. The zero-order valence-corrected chi connectivity index (χ0v) is 24.9. The van der Waals surface area contributed by atoms with Gasteiger partial charge in [-0.2, -0.15) is 5.10 Å². The van der Waals surface area contributed by atoms with E-state index < -0.39 is 17.5 Å². The van der Waals surface area contributed by atoms with Crippen molar-refractivity contribution in [3.63, 3.8) is 0 Å². The van der Waals surface area contributed by atoms with Crippen LogP contribution < -0.4 is 21.3 Å². The lowest BCUT2D eigenvalue weighted by molar-refractivity contribution is -0.114. The zero-order chi connectivity index (χ0) is 30.4. The third-order valence-corrected chi connectivity index (χ3v) is 9.29. The largest absolute Gasteiger partial charge is 0.366 e. The molecule has 2 fully saturated rings. The van der Waals surface area contributed by atoms with Crippen LogP contribution in [0, 0.1) is 5.41 Å². The number of fused-ring (bicyclic) bond motifs is 3. The van der Waals surface area contributed by atoms with Gasteiger partial charge < -0.3 is 26.2 Å². The Kier molecular flexibility index (Phi) is 7.42. The highest BCUT2D eigenvalue weighted by molar-refractivity contribution is 8.00. The van der Waals surface area contributed by atoms with E-state index in [-0.39, 0.29) is 23.7 Å². The van der Waals surface area contributed by atoms with Crippen molar-refractivity contribution in [2.45, 2.75) is 42.1 Å². The van der Waals surface area contributed by atoms with Gasteiger partial charge in [0.1, 0.15) is 11.4 Å². The minimum Gasteiger partial charge on any atom is -0.366 e. The van der Waals surface area contributed by atoms with Gasteiger partial charge in [-0.3, -0.25) is 24.5 Å². The molecular formula is C30H33N9O3S. The quantitative estimate of drug-likeness (QED) is 0.216. The number of carbonyl (C=O) groups excluding carboxylic acids is 3. The number of amides is 3. The molecule has 5 N–H and O–H groups in total. The topological polar surface area (TPSA) is 162 Å².